The van der Waals surface area contributed by atoms with Crippen LogP contribution in [0.15, 0.2) is 0 Å². The Morgan fingerprint density at radius 1 is 1.13 bits per heavy atom. The van der Waals surface area contributed by atoms with Crippen LogP contribution in [-0.2, 0) is 19.3 Å². The second kappa shape index (κ2) is 5.29. The van der Waals surface area contributed by atoms with Gasteiger partial charge in [-0.2, -0.15) is 0 Å². The van der Waals surface area contributed by atoms with Crippen molar-refractivity contribution in [3.8, 4) is 0 Å². The highest BCUT2D eigenvalue weighted by molar-refractivity contribution is 5.39. The molecule has 1 rings (SSSR count). The summed E-state index contributed by atoms with van der Waals surface area (Å²) < 4.78 is 7.63. The Labute approximate surface area is 95.3 Å². The van der Waals surface area contributed by atoms with E-state index in [1.807, 2.05) is 6.92 Å². The molecule has 1 aromatic heterocycles. The summed E-state index contributed by atoms with van der Waals surface area (Å²) >= 11 is 0. The summed E-state index contributed by atoms with van der Waals surface area (Å²) in [6, 6.07) is 0. The number of aromatic nitrogens is 1. The summed E-state index contributed by atoms with van der Waals surface area (Å²) in [6.07, 6.45) is 4.27. The summed E-state index contributed by atoms with van der Waals surface area (Å²) in [4.78, 5) is 4.69. The van der Waals surface area contributed by atoms with E-state index in [0.29, 0.717) is 6.90 Å². The summed E-state index contributed by atoms with van der Waals surface area (Å²) in [5, 5.41) is 0. The van der Waals surface area contributed by atoms with Crippen LogP contribution >= 0.6 is 0 Å². The van der Waals surface area contributed by atoms with Crippen LogP contribution in [0, 0.1) is 13.8 Å². The molecule has 0 radical (unpaired) electrons. The number of pyridine rings is 1. The molecule has 84 valence electrons. The SMILES string of the molecule is [2H]Cc1c(C)nc(CCC)c(CC)c1CC. The van der Waals surface area contributed by atoms with Crippen LogP contribution in [0.5, 0.6) is 0 Å². The monoisotopic (exact) mass is 206 g/mol. The molecule has 0 spiro atoms. The molecule has 0 aliphatic carbocycles. The van der Waals surface area contributed by atoms with Gasteiger partial charge in [0.15, 0.2) is 0 Å². The second-order valence-corrected chi connectivity index (χ2v) is 4.04. The fourth-order valence-electron chi connectivity index (χ4n) is 2.20. The van der Waals surface area contributed by atoms with Gasteiger partial charge in [-0.1, -0.05) is 27.2 Å². The van der Waals surface area contributed by atoms with Crippen molar-refractivity contribution in [1.82, 2.24) is 4.98 Å². The molecule has 0 bridgehead atoms. The van der Waals surface area contributed by atoms with Gasteiger partial charge in [0.2, 0.25) is 0 Å². The maximum atomic E-state index is 7.63. The molecule has 0 fully saturated rings. The maximum absolute atomic E-state index is 7.63. The van der Waals surface area contributed by atoms with Crippen molar-refractivity contribution in [2.24, 2.45) is 0 Å². The number of hydrogen-bond acceptors (Lipinski definition) is 1. The van der Waals surface area contributed by atoms with Gasteiger partial charge in [0.25, 0.3) is 0 Å². The molecule has 1 heteroatoms. The highest BCUT2D eigenvalue weighted by atomic mass is 14.7. The van der Waals surface area contributed by atoms with Crippen molar-refractivity contribution in [3.05, 3.63) is 28.1 Å². The van der Waals surface area contributed by atoms with Crippen LogP contribution in [0.2, 0.25) is 0 Å². The zero-order chi connectivity index (χ0) is 12.1. The molecule has 0 N–H and O–H groups in total. The second-order valence-electron chi connectivity index (χ2n) is 4.04. The van der Waals surface area contributed by atoms with Crippen molar-refractivity contribution in [2.75, 3.05) is 0 Å². The lowest BCUT2D eigenvalue weighted by molar-refractivity contribution is 0.828. The minimum absolute atomic E-state index is 0.363. The van der Waals surface area contributed by atoms with Gasteiger partial charge < -0.3 is 0 Å². The first-order valence-corrected chi connectivity index (χ1v) is 5.98. The fraction of sp³-hybridized carbons (Fsp3) is 0.643. The van der Waals surface area contributed by atoms with Gasteiger partial charge >= 0.3 is 0 Å². The topological polar surface area (TPSA) is 12.9 Å². The van der Waals surface area contributed by atoms with Crippen LogP contribution in [-0.4, -0.2) is 4.98 Å². The van der Waals surface area contributed by atoms with Crippen LogP contribution in [0.1, 0.15) is 56.6 Å². The van der Waals surface area contributed by atoms with E-state index >= 15 is 0 Å². The van der Waals surface area contributed by atoms with Crippen LogP contribution in [0.25, 0.3) is 0 Å². The summed E-state index contributed by atoms with van der Waals surface area (Å²) in [6.45, 7) is 8.98. The molecule has 0 aliphatic rings. The molecular weight excluding hydrogens is 182 g/mol. The Morgan fingerprint density at radius 3 is 2.27 bits per heavy atom. The van der Waals surface area contributed by atoms with E-state index in [1.165, 1.54) is 16.8 Å². The van der Waals surface area contributed by atoms with E-state index in [1.54, 1.807) is 0 Å². The van der Waals surface area contributed by atoms with E-state index in [-0.39, 0.29) is 0 Å². The standard InChI is InChI=1S/C14H23N/c1-6-9-14-13(8-3)12(7-2)10(4)11(5)15-14/h6-9H2,1-5H3/i4D. The van der Waals surface area contributed by atoms with Gasteiger partial charge in [0.05, 0.1) is 0 Å². The molecule has 0 saturated carbocycles. The first-order chi connectivity index (χ1) is 7.69. The lowest BCUT2D eigenvalue weighted by Crippen LogP contribution is -2.07. The predicted molar refractivity (Wildman–Crippen MR) is 66.5 cm³/mol. The van der Waals surface area contributed by atoms with Gasteiger partial charge in [-0.15, -0.1) is 0 Å². The highest BCUT2D eigenvalue weighted by Crippen LogP contribution is 2.22. The lowest BCUT2D eigenvalue weighted by atomic mass is 9.94. The van der Waals surface area contributed by atoms with Gasteiger partial charge in [-0.05, 0) is 49.8 Å². The van der Waals surface area contributed by atoms with E-state index in [4.69, 9.17) is 6.35 Å². The largest absolute Gasteiger partial charge is 0.258 e. The first-order valence-electron chi connectivity index (χ1n) is 6.69. The molecule has 1 heterocycles. The number of rotatable bonds is 4. The van der Waals surface area contributed by atoms with Crippen LogP contribution in [0.4, 0.5) is 0 Å². The third-order valence-corrected chi connectivity index (χ3v) is 3.01. The Kier molecular flexibility index (Phi) is 3.76. The number of aryl methyl sites for hydroxylation is 2. The van der Waals surface area contributed by atoms with Crippen molar-refractivity contribution in [1.29, 1.82) is 0 Å². The Bertz CT molecular complexity index is 358. The number of nitrogens with zero attached hydrogens (tertiary/aromatic N) is 1. The van der Waals surface area contributed by atoms with Crippen LogP contribution < -0.4 is 0 Å². The van der Waals surface area contributed by atoms with E-state index in [2.05, 4.69) is 20.8 Å². The third kappa shape index (κ3) is 2.39. The van der Waals surface area contributed by atoms with Crippen LogP contribution in [0.3, 0.4) is 0 Å². The fourth-order valence-corrected chi connectivity index (χ4v) is 2.20. The maximum Gasteiger partial charge on any atom is 0.0441 e. The molecule has 0 saturated heterocycles. The molecular formula is C14H23N. The van der Waals surface area contributed by atoms with Gasteiger partial charge in [-0.25, -0.2) is 0 Å². The third-order valence-electron chi connectivity index (χ3n) is 3.01. The summed E-state index contributed by atoms with van der Waals surface area (Å²) in [7, 11) is 0. The first kappa shape index (κ1) is 10.7. The quantitative estimate of drug-likeness (QED) is 0.730. The summed E-state index contributed by atoms with van der Waals surface area (Å²) in [5.41, 5.74) is 6.26. The molecule has 0 atom stereocenters. The van der Waals surface area contributed by atoms with E-state index < -0.39 is 0 Å². The van der Waals surface area contributed by atoms with Gasteiger partial charge in [0.1, 0.15) is 0 Å². The summed E-state index contributed by atoms with van der Waals surface area (Å²) in [5.74, 6) is 0. The Morgan fingerprint density at radius 2 is 1.80 bits per heavy atom. The molecule has 1 aromatic rings. The van der Waals surface area contributed by atoms with Crippen molar-refractivity contribution in [3.63, 3.8) is 0 Å². The average molecular weight is 206 g/mol. The van der Waals surface area contributed by atoms with E-state index in [9.17, 15) is 0 Å². The zero-order valence-corrected chi connectivity index (χ0v) is 10.5. The Balaban J connectivity index is 3.37. The zero-order valence-electron chi connectivity index (χ0n) is 11.5. The minimum atomic E-state index is 0.363. The Hall–Kier alpha value is -0.850. The molecule has 0 aromatic carbocycles. The van der Waals surface area contributed by atoms with Crippen molar-refractivity contribution >= 4 is 0 Å². The normalized spacial score (nSPS) is 11.6. The number of hydrogen-bond donors (Lipinski definition) is 0. The average Bonchev–Trinajstić information content (AvgIpc) is 2.28. The van der Waals surface area contributed by atoms with Crippen molar-refractivity contribution in [2.45, 2.75) is 60.3 Å². The molecule has 0 unspecified atom stereocenters. The van der Waals surface area contributed by atoms with E-state index in [0.717, 1.165) is 36.9 Å². The predicted octanol–water partition coefficient (Wildman–Crippen LogP) is 3.78. The highest BCUT2D eigenvalue weighted by Gasteiger charge is 2.11. The van der Waals surface area contributed by atoms with Gasteiger partial charge in [-0.3, -0.25) is 4.98 Å². The molecule has 1 nitrogen and oxygen atoms in total. The lowest BCUT2D eigenvalue weighted by Gasteiger charge is -2.16. The minimum Gasteiger partial charge on any atom is -0.258 e. The molecule has 0 aliphatic heterocycles. The smallest absolute Gasteiger partial charge is 0.0441 e. The van der Waals surface area contributed by atoms with Gasteiger partial charge in [0, 0.05) is 12.8 Å². The van der Waals surface area contributed by atoms with Crippen molar-refractivity contribution < 1.29 is 1.37 Å². The molecule has 15 heavy (non-hydrogen) atoms. The molecule has 0 amide bonds.